The lowest BCUT2D eigenvalue weighted by Crippen LogP contribution is -2.02. The fraction of sp³-hybridized carbons (Fsp3) is 0.400. The van der Waals surface area contributed by atoms with Crippen LogP contribution < -0.4 is 0 Å². The molecule has 0 aliphatic rings. The molecular formula is C15H19ClN2. The highest BCUT2D eigenvalue weighted by atomic mass is 35.5. The first-order valence-corrected chi connectivity index (χ1v) is 6.82. The lowest BCUT2D eigenvalue weighted by atomic mass is 10.1. The van der Waals surface area contributed by atoms with E-state index >= 15 is 0 Å². The minimum atomic E-state index is 0.457. The second-order valence-corrected chi connectivity index (χ2v) is 5.30. The number of nitrogens with zero attached hydrogens (tertiary/aromatic N) is 1. The Morgan fingerprint density at radius 2 is 2.11 bits per heavy atom. The Morgan fingerprint density at radius 3 is 2.78 bits per heavy atom. The minimum absolute atomic E-state index is 0.457. The number of nitrogens with one attached hydrogen (secondary N) is 1. The van der Waals surface area contributed by atoms with Crippen LogP contribution in [0, 0.1) is 19.8 Å². The Balaban J connectivity index is 2.28. The Hall–Kier alpha value is -1.28. The fourth-order valence-corrected chi connectivity index (χ4v) is 2.12. The van der Waals surface area contributed by atoms with Crippen LogP contribution in [-0.4, -0.2) is 15.8 Å². The van der Waals surface area contributed by atoms with Gasteiger partial charge in [-0.15, -0.1) is 11.6 Å². The van der Waals surface area contributed by atoms with Gasteiger partial charge in [0.2, 0.25) is 0 Å². The Morgan fingerprint density at radius 1 is 1.33 bits per heavy atom. The van der Waals surface area contributed by atoms with Crippen molar-refractivity contribution < 1.29 is 0 Å². The van der Waals surface area contributed by atoms with Crippen molar-refractivity contribution in [2.75, 3.05) is 5.88 Å². The number of H-pyrrole nitrogens is 1. The summed E-state index contributed by atoms with van der Waals surface area (Å²) in [5.74, 6) is 2.08. The van der Waals surface area contributed by atoms with Crippen molar-refractivity contribution in [1.29, 1.82) is 0 Å². The molecule has 96 valence electrons. The van der Waals surface area contributed by atoms with Gasteiger partial charge in [0, 0.05) is 17.1 Å². The second-order valence-electron chi connectivity index (χ2n) is 4.99. The van der Waals surface area contributed by atoms with Gasteiger partial charge in [0.1, 0.15) is 5.82 Å². The molecule has 1 unspecified atom stereocenters. The number of rotatable bonds is 4. The van der Waals surface area contributed by atoms with E-state index in [0.29, 0.717) is 11.8 Å². The summed E-state index contributed by atoms with van der Waals surface area (Å²) in [6.07, 6.45) is 0.928. The standard InChI is InChI=1S/C15H19ClN2/c1-10-5-4-6-13(7-10)15-17-12(3)14(18-15)8-11(2)9-16/h4-7,11H,8-9H2,1-3H3,(H,17,18). The lowest BCUT2D eigenvalue weighted by molar-refractivity contribution is 0.642. The van der Waals surface area contributed by atoms with Crippen molar-refractivity contribution in [3.63, 3.8) is 0 Å². The molecule has 0 spiro atoms. The van der Waals surface area contributed by atoms with Crippen molar-refractivity contribution in [3.05, 3.63) is 41.2 Å². The van der Waals surface area contributed by atoms with Gasteiger partial charge in [-0.25, -0.2) is 4.98 Å². The SMILES string of the molecule is Cc1cccc(-c2nc(CC(C)CCl)c(C)[nH]2)c1. The molecule has 3 heteroatoms. The molecule has 0 saturated heterocycles. The van der Waals surface area contributed by atoms with Crippen LogP contribution in [0.25, 0.3) is 11.4 Å². The predicted octanol–water partition coefficient (Wildman–Crippen LogP) is 4.11. The van der Waals surface area contributed by atoms with Crippen LogP contribution in [0.4, 0.5) is 0 Å². The molecule has 2 aromatic rings. The summed E-state index contributed by atoms with van der Waals surface area (Å²) in [5, 5.41) is 0. The summed E-state index contributed by atoms with van der Waals surface area (Å²) in [5.41, 5.74) is 4.66. The average molecular weight is 263 g/mol. The molecule has 1 aromatic carbocycles. The van der Waals surface area contributed by atoms with Gasteiger partial charge in [-0.05, 0) is 32.3 Å². The molecule has 0 aliphatic carbocycles. The van der Waals surface area contributed by atoms with Crippen molar-refractivity contribution in [1.82, 2.24) is 9.97 Å². The van der Waals surface area contributed by atoms with Gasteiger partial charge in [-0.2, -0.15) is 0 Å². The number of alkyl halides is 1. The topological polar surface area (TPSA) is 28.7 Å². The first-order chi connectivity index (χ1) is 8.60. The highest BCUT2D eigenvalue weighted by molar-refractivity contribution is 6.18. The molecule has 1 heterocycles. The summed E-state index contributed by atoms with van der Waals surface area (Å²) in [4.78, 5) is 8.06. The fourth-order valence-electron chi connectivity index (χ4n) is 2.01. The monoisotopic (exact) mass is 262 g/mol. The van der Waals surface area contributed by atoms with E-state index in [4.69, 9.17) is 16.6 Å². The van der Waals surface area contributed by atoms with E-state index in [1.807, 2.05) is 0 Å². The van der Waals surface area contributed by atoms with Gasteiger partial charge in [-0.1, -0.05) is 30.7 Å². The number of hydrogen-bond acceptors (Lipinski definition) is 1. The largest absolute Gasteiger partial charge is 0.342 e. The molecule has 1 aromatic heterocycles. The maximum absolute atomic E-state index is 5.86. The molecule has 0 aliphatic heterocycles. The highest BCUT2D eigenvalue weighted by Crippen LogP contribution is 2.20. The molecule has 0 fully saturated rings. The van der Waals surface area contributed by atoms with Crippen LogP contribution in [0.2, 0.25) is 0 Å². The van der Waals surface area contributed by atoms with Gasteiger partial charge in [-0.3, -0.25) is 0 Å². The number of aromatic amines is 1. The first-order valence-electron chi connectivity index (χ1n) is 6.28. The summed E-state index contributed by atoms with van der Waals surface area (Å²) in [6, 6.07) is 8.38. The normalized spacial score (nSPS) is 12.7. The van der Waals surface area contributed by atoms with E-state index in [2.05, 4.69) is 50.0 Å². The van der Waals surface area contributed by atoms with E-state index < -0.39 is 0 Å². The molecular weight excluding hydrogens is 244 g/mol. The van der Waals surface area contributed by atoms with E-state index in [0.717, 1.165) is 29.2 Å². The van der Waals surface area contributed by atoms with Crippen molar-refractivity contribution >= 4 is 11.6 Å². The third kappa shape index (κ3) is 2.94. The zero-order chi connectivity index (χ0) is 13.1. The zero-order valence-corrected chi connectivity index (χ0v) is 11.9. The molecule has 0 radical (unpaired) electrons. The lowest BCUT2D eigenvalue weighted by Gasteiger charge is -2.04. The van der Waals surface area contributed by atoms with Crippen molar-refractivity contribution in [3.8, 4) is 11.4 Å². The van der Waals surface area contributed by atoms with Gasteiger partial charge < -0.3 is 4.98 Å². The quantitative estimate of drug-likeness (QED) is 0.826. The van der Waals surface area contributed by atoms with Crippen molar-refractivity contribution in [2.45, 2.75) is 27.2 Å². The van der Waals surface area contributed by atoms with Gasteiger partial charge in [0.05, 0.1) is 5.69 Å². The Kier molecular flexibility index (Phi) is 4.07. The predicted molar refractivity (Wildman–Crippen MR) is 77.1 cm³/mol. The summed E-state index contributed by atoms with van der Waals surface area (Å²) in [7, 11) is 0. The third-order valence-electron chi connectivity index (χ3n) is 3.08. The van der Waals surface area contributed by atoms with Crippen LogP contribution in [0.1, 0.15) is 23.9 Å². The molecule has 2 rings (SSSR count). The van der Waals surface area contributed by atoms with Crippen LogP contribution in [-0.2, 0) is 6.42 Å². The van der Waals surface area contributed by atoms with Gasteiger partial charge in [0.15, 0.2) is 0 Å². The second kappa shape index (κ2) is 5.57. The molecule has 18 heavy (non-hydrogen) atoms. The number of hydrogen-bond donors (Lipinski definition) is 1. The third-order valence-corrected chi connectivity index (χ3v) is 3.61. The maximum Gasteiger partial charge on any atom is 0.137 e. The van der Waals surface area contributed by atoms with E-state index in [1.165, 1.54) is 5.56 Å². The molecule has 2 nitrogen and oxygen atoms in total. The zero-order valence-electron chi connectivity index (χ0n) is 11.1. The number of halogens is 1. The van der Waals surface area contributed by atoms with E-state index in [1.54, 1.807) is 0 Å². The van der Waals surface area contributed by atoms with Gasteiger partial charge in [0.25, 0.3) is 0 Å². The molecule has 1 N–H and O–H groups in total. The van der Waals surface area contributed by atoms with Crippen molar-refractivity contribution in [2.24, 2.45) is 5.92 Å². The molecule has 0 bridgehead atoms. The number of benzene rings is 1. The highest BCUT2D eigenvalue weighted by Gasteiger charge is 2.11. The smallest absolute Gasteiger partial charge is 0.137 e. The summed E-state index contributed by atoms with van der Waals surface area (Å²) in [6.45, 7) is 6.31. The van der Waals surface area contributed by atoms with Crippen LogP contribution >= 0.6 is 11.6 Å². The van der Waals surface area contributed by atoms with E-state index in [-0.39, 0.29) is 0 Å². The average Bonchev–Trinajstić information content (AvgIpc) is 2.71. The first kappa shape index (κ1) is 13.2. The van der Waals surface area contributed by atoms with Gasteiger partial charge >= 0.3 is 0 Å². The summed E-state index contributed by atoms with van der Waals surface area (Å²) < 4.78 is 0. The van der Waals surface area contributed by atoms with Crippen LogP contribution in [0.5, 0.6) is 0 Å². The van der Waals surface area contributed by atoms with Crippen LogP contribution in [0.15, 0.2) is 24.3 Å². The Bertz CT molecular complexity index is 531. The number of aromatic nitrogens is 2. The minimum Gasteiger partial charge on any atom is -0.342 e. The number of aryl methyl sites for hydroxylation is 2. The number of imidazole rings is 1. The molecule has 1 atom stereocenters. The molecule has 0 saturated carbocycles. The maximum atomic E-state index is 5.86. The summed E-state index contributed by atoms with van der Waals surface area (Å²) >= 11 is 5.86. The van der Waals surface area contributed by atoms with E-state index in [9.17, 15) is 0 Å². The van der Waals surface area contributed by atoms with Crippen LogP contribution in [0.3, 0.4) is 0 Å². The Labute approximate surface area is 113 Å². The molecule has 0 amide bonds.